The van der Waals surface area contributed by atoms with Crippen molar-refractivity contribution >= 4 is 21.9 Å². The number of aliphatic carboxylic acids is 1. The molecule has 0 aliphatic carbocycles. The second-order valence-electron chi connectivity index (χ2n) is 4.46. The highest BCUT2D eigenvalue weighted by Crippen LogP contribution is 2.28. The van der Waals surface area contributed by atoms with Gasteiger partial charge in [0, 0.05) is 10.0 Å². The van der Waals surface area contributed by atoms with Crippen molar-refractivity contribution in [2.24, 2.45) is 5.92 Å². The smallest absolute Gasteiger partial charge is 0.325 e. The van der Waals surface area contributed by atoms with Crippen molar-refractivity contribution in [3.8, 4) is 5.75 Å². The minimum absolute atomic E-state index is 0.380. The standard InChI is InChI=1S/C13H18BrNO3/c1-8(2)7-15-12(13(16)17)10-6-9(14)4-5-11(10)18-3/h4-6,8,12,15H,7H2,1-3H3,(H,16,17). The maximum atomic E-state index is 11.4. The van der Waals surface area contributed by atoms with Crippen LogP contribution in [0.25, 0.3) is 0 Å². The summed E-state index contributed by atoms with van der Waals surface area (Å²) in [5, 5.41) is 12.4. The number of rotatable bonds is 6. The van der Waals surface area contributed by atoms with Crippen LogP contribution >= 0.6 is 15.9 Å². The number of nitrogens with one attached hydrogen (secondary N) is 1. The van der Waals surface area contributed by atoms with Crippen LogP contribution in [0.1, 0.15) is 25.5 Å². The fourth-order valence-electron chi connectivity index (χ4n) is 1.61. The Morgan fingerprint density at radius 2 is 2.17 bits per heavy atom. The minimum Gasteiger partial charge on any atom is -0.496 e. The van der Waals surface area contributed by atoms with Gasteiger partial charge in [-0.15, -0.1) is 0 Å². The molecule has 0 aliphatic rings. The van der Waals surface area contributed by atoms with E-state index in [0.717, 1.165) is 4.47 Å². The molecule has 0 aromatic heterocycles. The minimum atomic E-state index is -0.910. The third-order valence-corrected chi connectivity index (χ3v) is 2.97. The molecule has 0 saturated heterocycles. The van der Waals surface area contributed by atoms with E-state index in [-0.39, 0.29) is 0 Å². The summed E-state index contributed by atoms with van der Waals surface area (Å²) >= 11 is 3.35. The summed E-state index contributed by atoms with van der Waals surface area (Å²) in [6.07, 6.45) is 0. The molecule has 0 amide bonds. The van der Waals surface area contributed by atoms with Crippen molar-refractivity contribution in [1.29, 1.82) is 0 Å². The molecular weight excluding hydrogens is 298 g/mol. The molecule has 0 aliphatic heterocycles. The van der Waals surface area contributed by atoms with E-state index in [9.17, 15) is 9.90 Å². The first kappa shape index (κ1) is 15.0. The Kier molecular flexibility index (Phi) is 5.62. The fourth-order valence-corrected chi connectivity index (χ4v) is 1.99. The molecule has 0 radical (unpaired) electrons. The molecule has 0 heterocycles. The molecule has 100 valence electrons. The first-order valence-electron chi connectivity index (χ1n) is 5.75. The van der Waals surface area contributed by atoms with Gasteiger partial charge in [0.2, 0.25) is 0 Å². The molecule has 4 nitrogen and oxygen atoms in total. The number of benzene rings is 1. The summed E-state index contributed by atoms with van der Waals surface area (Å²) in [6.45, 7) is 4.70. The Labute approximate surface area is 115 Å². The van der Waals surface area contributed by atoms with Crippen LogP contribution in [0.15, 0.2) is 22.7 Å². The van der Waals surface area contributed by atoms with Gasteiger partial charge in [0.1, 0.15) is 11.8 Å². The molecule has 0 bridgehead atoms. The molecule has 0 spiro atoms. The van der Waals surface area contributed by atoms with Crippen LogP contribution in [0.3, 0.4) is 0 Å². The van der Waals surface area contributed by atoms with E-state index in [4.69, 9.17) is 4.74 Å². The zero-order chi connectivity index (χ0) is 13.7. The lowest BCUT2D eigenvalue weighted by atomic mass is 10.0. The van der Waals surface area contributed by atoms with Crippen molar-refractivity contribution in [3.63, 3.8) is 0 Å². The maximum Gasteiger partial charge on any atom is 0.325 e. The van der Waals surface area contributed by atoms with Crippen molar-refractivity contribution in [3.05, 3.63) is 28.2 Å². The highest BCUT2D eigenvalue weighted by atomic mass is 79.9. The van der Waals surface area contributed by atoms with Crippen molar-refractivity contribution in [2.75, 3.05) is 13.7 Å². The molecule has 5 heteroatoms. The molecule has 1 aromatic carbocycles. The third-order valence-electron chi connectivity index (χ3n) is 2.48. The largest absolute Gasteiger partial charge is 0.496 e. The Morgan fingerprint density at radius 1 is 1.50 bits per heavy atom. The van der Waals surface area contributed by atoms with Gasteiger partial charge in [-0.05, 0) is 30.7 Å². The summed E-state index contributed by atoms with van der Waals surface area (Å²) in [7, 11) is 1.54. The molecule has 0 saturated carbocycles. The van der Waals surface area contributed by atoms with E-state index in [1.54, 1.807) is 12.1 Å². The van der Waals surface area contributed by atoms with E-state index in [0.29, 0.717) is 23.8 Å². The molecule has 18 heavy (non-hydrogen) atoms. The van der Waals surface area contributed by atoms with E-state index >= 15 is 0 Å². The van der Waals surface area contributed by atoms with Crippen molar-refractivity contribution in [2.45, 2.75) is 19.9 Å². The molecule has 2 N–H and O–H groups in total. The molecule has 1 rings (SSSR count). The van der Waals surface area contributed by atoms with Crippen molar-refractivity contribution in [1.82, 2.24) is 5.32 Å². The summed E-state index contributed by atoms with van der Waals surface area (Å²) < 4.78 is 6.04. The Balaban J connectivity index is 3.04. The van der Waals surface area contributed by atoms with Crippen LogP contribution in [0.4, 0.5) is 0 Å². The number of ether oxygens (including phenoxy) is 1. The van der Waals surface area contributed by atoms with Gasteiger partial charge in [-0.25, -0.2) is 0 Å². The average Bonchev–Trinajstić information content (AvgIpc) is 2.28. The highest BCUT2D eigenvalue weighted by molar-refractivity contribution is 9.10. The van der Waals surface area contributed by atoms with Crippen LogP contribution in [0.2, 0.25) is 0 Å². The quantitative estimate of drug-likeness (QED) is 0.847. The summed E-state index contributed by atoms with van der Waals surface area (Å²) in [6, 6.07) is 4.58. The first-order chi connectivity index (χ1) is 8.45. The topological polar surface area (TPSA) is 58.6 Å². The number of halogens is 1. The Hall–Kier alpha value is -1.07. The predicted octanol–water partition coefficient (Wildman–Crippen LogP) is 2.83. The van der Waals surface area contributed by atoms with Gasteiger partial charge in [0.25, 0.3) is 0 Å². The van der Waals surface area contributed by atoms with Crippen LogP contribution < -0.4 is 10.1 Å². The van der Waals surface area contributed by atoms with Gasteiger partial charge in [-0.2, -0.15) is 0 Å². The summed E-state index contributed by atoms with van der Waals surface area (Å²) in [4.78, 5) is 11.4. The van der Waals surface area contributed by atoms with E-state index in [1.807, 2.05) is 19.9 Å². The third kappa shape index (κ3) is 3.99. The van der Waals surface area contributed by atoms with Crippen LogP contribution in [-0.4, -0.2) is 24.7 Å². The Bertz CT molecular complexity index is 421. The van der Waals surface area contributed by atoms with Gasteiger partial charge < -0.3 is 15.2 Å². The second-order valence-corrected chi connectivity index (χ2v) is 5.38. The van der Waals surface area contributed by atoms with Crippen LogP contribution in [0, 0.1) is 5.92 Å². The maximum absolute atomic E-state index is 11.4. The molecule has 1 aromatic rings. The monoisotopic (exact) mass is 315 g/mol. The molecular formula is C13H18BrNO3. The fraction of sp³-hybridized carbons (Fsp3) is 0.462. The summed E-state index contributed by atoms with van der Waals surface area (Å²) in [5.74, 6) is 0.0407. The second kappa shape index (κ2) is 6.75. The van der Waals surface area contributed by atoms with Gasteiger partial charge in [0.15, 0.2) is 0 Å². The normalized spacial score (nSPS) is 12.5. The SMILES string of the molecule is COc1ccc(Br)cc1C(NCC(C)C)C(=O)O. The lowest BCUT2D eigenvalue weighted by Gasteiger charge is -2.19. The number of carbonyl (C=O) groups is 1. The first-order valence-corrected chi connectivity index (χ1v) is 6.54. The number of hydrogen-bond donors (Lipinski definition) is 2. The summed E-state index contributed by atoms with van der Waals surface area (Å²) in [5.41, 5.74) is 0.625. The number of carboxylic acid groups (broad SMARTS) is 1. The van der Waals surface area contributed by atoms with Crippen LogP contribution in [-0.2, 0) is 4.79 Å². The zero-order valence-corrected chi connectivity index (χ0v) is 12.3. The van der Waals surface area contributed by atoms with Gasteiger partial charge in [-0.1, -0.05) is 29.8 Å². The lowest BCUT2D eigenvalue weighted by Crippen LogP contribution is -2.31. The highest BCUT2D eigenvalue weighted by Gasteiger charge is 2.23. The van der Waals surface area contributed by atoms with Crippen LogP contribution in [0.5, 0.6) is 5.75 Å². The Morgan fingerprint density at radius 3 is 2.67 bits per heavy atom. The number of hydrogen-bond acceptors (Lipinski definition) is 3. The van der Waals surface area contributed by atoms with Gasteiger partial charge in [-0.3, -0.25) is 4.79 Å². The lowest BCUT2D eigenvalue weighted by molar-refractivity contribution is -0.139. The molecule has 1 atom stereocenters. The van der Waals surface area contributed by atoms with E-state index < -0.39 is 12.0 Å². The van der Waals surface area contributed by atoms with E-state index in [2.05, 4.69) is 21.2 Å². The van der Waals surface area contributed by atoms with Gasteiger partial charge in [0.05, 0.1) is 7.11 Å². The van der Waals surface area contributed by atoms with E-state index in [1.165, 1.54) is 7.11 Å². The molecule has 0 fully saturated rings. The average molecular weight is 316 g/mol. The predicted molar refractivity (Wildman–Crippen MR) is 73.9 cm³/mol. The van der Waals surface area contributed by atoms with Crippen molar-refractivity contribution < 1.29 is 14.6 Å². The van der Waals surface area contributed by atoms with Gasteiger partial charge >= 0.3 is 5.97 Å². The number of carboxylic acids is 1. The zero-order valence-electron chi connectivity index (χ0n) is 10.7. The number of methoxy groups -OCH3 is 1. The molecule has 1 unspecified atom stereocenters.